The Morgan fingerprint density at radius 2 is 1.71 bits per heavy atom. The number of halogens is 1. The van der Waals surface area contributed by atoms with Gasteiger partial charge in [0, 0.05) is 16.1 Å². The molecule has 0 heterocycles. The van der Waals surface area contributed by atoms with E-state index in [0.717, 1.165) is 19.3 Å². The summed E-state index contributed by atoms with van der Waals surface area (Å²) in [6.45, 7) is -0.146. The summed E-state index contributed by atoms with van der Waals surface area (Å²) in [6, 6.07) is 4.64. The predicted molar refractivity (Wildman–Crippen MR) is 91.8 cm³/mol. The number of hydrogen-bond acceptors (Lipinski definition) is 4. The van der Waals surface area contributed by atoms with Crippen LogP contribution in [0.5, 0.6) is 0 Å². The minimum absolute atomic E-state index is 0.0995. The van der Waals surface area contributed by atoms with Crippen molar-refractivity contribution in [1.29, 1.82) is 0 Å². The van der Waals surface area contributed by atoms with Gasteiger partial charge in [-0.1, -0.05) is 11.6 Å². The van der Waals surface area contributed by atoms with Crippen LogP contribution in [0.1, 0.15) is 48.9 Å². The zero-order valence-corrected chi connectivity index (χ0v) is 14.3. The van der Waals surface area contributed by atoms with E-state index in [2.05, 4.69) is 0 Å². The summed E-state index contributed by atoms with van der Waals surface area (Å²) in [6.07, 6.45) is 6.81. The van der Waals surface area contributed by atoms with Gasteiger partial charge in [-0.05, 0) is 74.5 Å². The third-order valence-corrected chi connectivity index (χ3v) is 6.43. The quantitative estimate of drug-likeness (QED) is 0.663. The summed E-state index contributed by atoms with van der Waals surface area (Å²) in [7, 11) is 0. The normalized spacial score (nSPS) is 33.5. The summed E-state index contributed by atoms with van der Waals surface area (Å²) in [4.78, 5) is 25.1. The number of rotatable bonds is 4. The molecule has 0 amide bonds. The molecule has 0 spiro atoms. The Labute approximate surface area is 146 Å². The molecule has 4 nitrogen and oxygen atoms in total. The fraction of sp³-hybridized carbons (Fsp3) is 0.579. The standard InChI is InChI=1S/C19H22ClNO3/c20-14-1-2-15(16(21)6-14)18(23)24-10-17(22)19-7-11-3-12(8-19)5-13(4-11)9-19/h1-2,6,11-13H,3-5,7-10,21H2. The monoisotopic (exact) mass is 347 g/mol. The van der Waals surface area contributed by atoms with E-state index < -0.39 is 5.97 Å². The van der Waals surface area contributed by atoms with E-state index in [1.54, 1.807) is 6.07 Å². The molecule has 0 radical (unpaired) electrons. The molecule has 4 bridgehead atoms. The first-order valence-electron chi connectivity index (χ1n) is 8.71. The van der Waals surface area contributed by atoms with Crippen LogP contribution in [-0.2, 0) is 9.53 Å². The van der Waals surface area contributed by atoms with Gasteiger partial charge in [-0.25, -0.2) is 4.79 Å². The van der Waals surface area contributed by atoms with Gasteiger partial charge >= 0.3 is 5.97 Å². The van der Waals surface area contributed by atoms with Crippen molar-refractivity contribution < 1.29 is 14.3 Å². The van der Waals surface area contributed by atoms with Gasteiger partial charge in [0.1, 0.15) is 0 Å². The highest BCUT2D eigenvalue weighted by molar-refractivity contribution is 6.31. The van der Waals surface area contributed by atoms with Crippen LogP contribution >= 0.6 is 11.6 Å². The van der Waals surface area contributed by atoms with Gasteiger partial charge in [0.15, 0.2) is 12.4 Å². The van der Waals surface area contributed by atoms with Crippen LogP contribution in [0.15, 0.2) is 18.2 Å². The molecule has 24 heavy (non-hydrogen) atoms. The summed E-state index contributed by atoms with van der Waals surface area (Å²) in [5, 5.41) is 0.466. The molecule has 1 aromatic rings. The van der Waals surface area contributed by atoms with E-state index >= 15 is 0 Å². The first-order chi connectivity index (χ1) is 11.4. The molecule has 4 saturated carbocycles. The Morgan fingerprint density at radius 1 is 1.12 bits per heavy atom. The van der Waals surface area contributed by atoms with Gasteiger partial charge in [-0.3, -0.25) is 4.79 Å². The first-order valence-corrected chi connectivity index (χ1v) is 9.08. The number of nitrogens with two attached hydrogens (primary N) is 1. The summed E-state index contributed by atoms with van der Waals surface area (Å²) in [5.74, 6) is 1.64. The number of hydrogen-bond donors (Lipinski definition) is 1. The minimum Gasteiger partial charge on any atom is -0.454 e. The number of anilines is 1. The van der Waals surface area contributed by atoms with Crippen LogP contribution in [0.3, 0.4) is 0 Å². The highest BCUT2D eigenvalue weighted by Gasteiger charge is 2.54. The van der Waals surface area contributed by atoms with E-state index in [4.69, 9.17) is 22.1 Å². The highest BCUT2D eigenvalue weighted by Crippen LogP contribution is 2.60. The van der Waals surface area contributed by atoms with Crippen LogP contribution in [-0.4, -0.2) is 18.4 Å². The van der Waals surface area contributed by atoms with Crippen LogP contribution in [0.2, 0.25) is 5.02 Å². The maximum absolute atomic E-state index is 12.8. The van der Waals surface area contributed by atoms with Gasteiger partial charge in [0.2, 0.25) is 0 Å². The van der Waals surface area contributed by atoms with Gasteiger partial charge in [-0.15, -0.1) is 0 Å². The number of carbonyl (C=O) groups excluding carboxylic acids is 2. The van der Waals surface area contributed by atoms with Gasteiger partial charge in [0.05, 0.1) is 5.56 Å². The third kappa shape index (κ3) is 2.71. The van der Waals surface area contributed by atoms with Crippen molar-refractivity contribution in [2.24, 2.45) is 23.2 Å². The van der Waals surface area contributed by atoms with Crippen molar-refractivity contribution in [1.82, 2.24) is 0 Å². The maximum Gasteiger partial charge on any atom is 0.340 e. The summed E-state index contributed by atoms with van der Waals surface area (Å²) in [5.41, 5.74) is 6.10. The predicted octanol–water partition coefficient (Wildman–Crippen LogP) is 3.86. The molecule has 5 rings (SSSR count). The molecule has 2 N–H and O–H groups in total. The Bertz CT molecular complexity index is 665. The second-order valence-corrected chi connectivity index (χ2v) is 8.37. The van der Waals surface area contributed by atoms with Crippen molar-refractivity contribution >= 4 is 29.0 Å². The topological polar surface area (TPSA) is 69.4 Å². The molecule has 0 atom stereocenters. The molecule has 128 valence electrons. The first kappa shape index (κ1) is 15.9. The lowest BCUT2D eigenvalue weighted by molar-refractivity contribution is -0.147. The van der Waals surface area contributed by atoms with E-state index in [0.29, 0.717) is 22.8 Å². The highest BCUT2D eigenvalue weighted by atomic mass is 35.5. The number of carbonyl (C=O) groups is 2. The van der Waals surface area contributed by atoms with Gasteiger partial charge in [0.25, 0.3) is 0 Å². The maximum atomic E-state index is 12.8. The SMILES string of the molecule is Nc1cc(Cl)ccc1C(=O)OCC(=O)C12CC3CC(CC(C3)C1)C2. The number of esters is 1. The van der Waals surface area contributed by atoms with Crippen molar-refractivity contribution in [3.63, 3.8) is 0 Å². The molecule has 0 aliphatic heterocycles. The average Bonchev–Trinajstić information content (AvgIpc) is 2.51. The van der Waals surface area contributed by atoms with E-state index in [1.165, 1.54) is 31.4 Å². The molecule has 5 heteroatoms. The Morgan fingerprint density at radius 3 is 2.25 bits per heavy atom. The number of nitrogen functional groups attached to an aromatic ring is 1. The fourth-order valence-corrected chi connectivity index (χ4v) is 5.71. The molecular weight excluding hydrogens is 326 g/mol. The van der Waals surface area contributed by atoms with Crippen LogP contribution < -0.4 is 5.73 Å². The summed E-state index contributed by atoms with van der Waals surface area (Å²) < 4.78 is 5.29. The van der Waals surface area contributed by atoms with Crippen LogP contribution in [0.25, 0.3) is 0 Å². The smallest absolute Gasteiger partial charge is 0.340 e. The van der Waals surface area contributed by atoms with Crippen molar-refractivity contribution in [2.75, 3.05) is 12.3 Å². The third-order valence-electron chi connectivity index (χ3n) is 6.20. The second kappa shape index (κ2) is 5.76. The van der Waals surface area contributed by atoms with Gasteiger partial charge < -0.3 is 10.5 Å². The zero-order chi connectivity index (χ0) is 16.9. The molecule has 4 aliphatic carbocycles. The molecule has 4 fully saturated rings. The van der Waals surface area contributed by atoms with Crippen molar-refractivity contribution in [2.45, 2.75) is 38.5 Å². The number of Topliss-reactive ketones (excluding diaryl/α,β-unsaturated/α-hetero) is 1. The molecule has 1 aromatic carbocycles. The van der Waals surface area contributed by atoms with Crippen molar-refractivity contribution in [3.05, 3.63) is 28.8 Å². The Balaban J connectivity index is 1.42. The van der Waals surface area contributed by atoms with Crippen molar-refractivity contribution in [3.8, 4) is 0 Å². The molecule has 0 aromatic heterocycles. The molecular formula is C19H22ClNO3. The average molecular weight is 348 g/mol. The molecule has 4 aliphatic rings. The Hall–Kier alpha value is -1.55. The lowest BCUT2D eigenvalue weighted by Crippen LogP contribution is -2.51. The lowest BCUT2D eigenvalue weighted by atomic mass is 9.48. The zero-order valence-electron chi connectivity index (χ0n) is 13.6. The number of benzene rings is 1. The van der Waals surface area contributed by atoms with E-state index in [9.17, 15) is 9.59 Å². The summed E-state index contributed by atoms with van der Waals surface area (Å²) >= 11 is 5.84. The molecule has 0 unspecified atom stereocenters. The fourth-order valence-electron chi connectivity index (χ4n) is 5.53. The number of ether oxygens (including phenoxy) is 1. The molecule has 0 saturated heterocycles. The second-order valence-electron chi connectivity index (χ2n) is 7.93. The minimum atomic E-state index is -0.553. The van der Waals surface area contributed by atoms with E-state index in [-0.39, 0.29) is 29.1 Å². The van der Waals surface area contributed by atoms with Gasteiger partial charge in [-0.2, -0.15) is 0 Å². The van der Waals surface area contributed by atoms with Crippen LogP contribution in [0.4, 0.5) is 5.69 Å². The largest absolute Gasteiger partial charge is 0.454 e. The lowest BCUT2D eigenvalue weighted by Gasteiger charge is -2.55. The Kier molecular flexibility index (Phi) is 3.83. The van der Waals surface area contributed by atoms with Crippen LogP contribution in [0, 0.1) is 23.2 Å². The van der Waals surface area contributed by atoms with E-state index in [1.807, 2.05) is 0 Å². The number of ketones is 1.